The van der Waals surface area contributed by atoms with Gasteiger partial charge in [-0.2, -0.15) is 31.3 Å². The van der Waals surface area contributed by atoms with Crippen molar-refractivity contribution >= 4 is 52.7 Å². The number of carboxylic acid groups (broad SMARTS) is 2. The number of furan rings is 1. The lowest BCUT2D eigenvalue weighted by atomic mass is 9.94. The Hall–Kier alpha value is -5.79. The summed E-state index contributed by atoms with van der Waals surface area (Å²) >= 11 is 6.39. The lowest BCUT2D eigenvalue weighted by molar-refractivity contribution is -0.193. The number of nitrogens with one attached hydrogen (secondary N) is 3. The predicted octanol–water partition coefficient (Wildman–Crippen LogP) is 7.36. The quantitative estimate of drug-likeness (QED) is 0.122. The van der Waals surface area contributed by atoms with E-state index < -0.39 is 24.3 Å². The van der Waals surface area contributed by atoms with Crippen LogP contribution in [0.25, 0.3) is 0 Å². The number of halogens is 7. The Labute approximate surface area is 313 Å². The van der Waals surface area contributed by atoms with Gasteiger partial charge in [0.1, 0.15) is 16.5 Å². The van der Waals surface area contributed by atoms with Crippen LogP contribution in [-0.4, -0.2) is 80.1 Å². The fourth-order valence-corrected chi connectivity index (χ4v) is 5.33. The number of hydrogen-bond acceptors (Lipinski definition) is 10. The molecule has 21 heteroatoms. The average Bonchev–Trinajstić information content (AvgIpc) is 3.66. The highest BCUT2D eigenvalue weighted by Gasteiger charge is 2.39. The van der Waals surface area contributed by atoms with Gasteiger partial charge in [0.05, 0.1) is 37.5 Å². The van der Waals surface area contributed by atoms with E-state index in [1.807, 2.05) is 35.4 Å². The molecule has 296 valence electrons. The number of anilines is 4. The number of aliphatic carboxylic acids is 2. The maximum atomic E-state index is 12.5. The summed E-state index contributed by atoms with van der Waals surface area (Å²) in [5.41, 5.74) is 3.90. The van der Waals surface area contributed by atoms with E-state index in [0.717, 1.165) is 79.2 Å². The van der Waals surface area contributed by atoms with Crippen LogP contribution in [0.2, 0.25) is 5.02 Å². The van der Waals surface area contributed by atoms with Crippen LogP contribution < -0.4 is 20.7 Å². The minimum absolute atomic E-state index is 0.0409. The van der Waals surface area contributed by atoms with Crippen LogP contribution in [0.5, 0.6) is 5.75 Å². The van der Waals surface area contributed by atoms with Crippen LogP contribution in [0.1, 0.15) is 36.1 Å². The van der Waals surface area contributed by atoms with Gasteiger partial charge in [0.25, 0.3) is 0 Å². The van der Waals surface area contributed by atoms with Crippen molar-refractivity contribution in [2.24, 2.45) is 5.92 Å². The maximum absolute atomic E-state index is 12.5. The first-order valence-electron chi connectivity index (χ1n) is 16.4. The number of ether oxygens (including phenoxy) is 1. The maximum Gasteiger partial charge on any atom is 0.490 e. The van der Waals surface area contributed by atoms with Crippen LogP contribution in [-0.2, 0) is 29.0 Å². The number of urea groups is 1. The minimum atomic E-state index is -5.08. The molecule has 5 heterocycles. The molecule has 1 aromatic carbocycles. The molecular formula is C34H34ClF6N7O7. The summed E-state index contributed by atoms with van der Waals surface area (Å²) in [6.07, 6.45) is 1.12. The molecule has 1 saturated heterocycles. The number of fused-ring (bicyclic) bond motifs is 6. The molecule has 6 bridgehead atoms. The number of hydrogen-bond donors (Lipinski definition) is 5. The molecule has 0 spiro atoms. The molecule has 0 aliphatic carbocycles. The normalized spacial score (nSPS) is 14.1. The number of carbonyl (C=O) groups excluding carboxylic acids is 1. The standard InChI is InChI=1S/C30H32ClN7O3.2C2HF3O2/c31-26-19-33-29-36-24-14-21(16-32-17-24)3-4-22-15-23(35-28(26)37-29)5-6-27(22)41-13-9-20-7-10-38(11-8-20)30(39)34-18-25-2-1-12-40-25;2*3-2(4,5)1(6)7/h1-2,5-6,12,14-17,19-20H,3-4,7-11,13,18H2,(H,34,39)(H2,33,35,36,37);2*(H,6,7). The second-order valence-electron chi connectivity index (χ2n) is 12.0. The van der Waals surface area contributed by atoms with Gasteiger partial charge < -0.3 is 40.2 Å². The highest BCUT2D eigenvalue weighted by molar-refractivity contribution is 6.32. The third-order valence-corrected chi connectivity index (χ3v) is 8.24. The summed E-state index contributed by atoms with van der Waals surface area (Å²) in [4.78, 5) is 45.4. The molecule has 55 heavy (non-hydrogen) atoms. The second kappa shape index (κ2) is 19.0. The summed E-state index contributed by atoms with van der Waals surface area (Å²) in [5.74, 6) is -2.41. The Bertz CT molecular complexity index is 1880. The monoisotopic (exact) mass is 801 g/mol. The van der Waals surface area contributed by atoms with Gasteiger partial charge >= 0.3 is 30.3 Å². The number of carboxylic acids is 2. The molecule has 4 aromatic rings. The van der Waals surface area contributed by atoms with Crippen LogP contribution in [0.15, 0.2) is 65.7 Å². The predicted molar refractivity (Wildman–Crippen MR) is 184 cm³/mol. The van der Waals surface area contributed by atoms with Crippen molar-refractivity contribution in [1.29, 1.82) is 0 Å². The summed E-state index contributed by atoms with van der Waals surface area (Å²) in [6, 6.07) is 11.8. The first-order valence-corrected chi connectivity index (χ1v) is 16.8. The minimum Gasteiger partial charge on any atom is -0.493 e. The molecule has 2 aliphatic heterocycles. The van der Waals surface area contributed by atoms with E-state index >= 15 is 0 Å². The van der Waals surface area contributed by atoms with E-state index in [4.69, 9.17) is 40.6 Å². The van der Waals surface area contributed by atoms with Gasteiger partial charge in [0.2, 0.25) is 5.95 Å². The Balaban J connectivity index is 0.000000410. The van der Waals surface area contributed by atoms with Crippen molar-refractivity contribution < 1.29 is 60.1 Å². The highest BCUT2D eigenvalue weighted by atomic mass is 35.5. The first kappa shape index (κ1) is 42.0. The van der Waals surface area contributed by atoms with Crippen LogP contribution in [0, 0.1) is 5.92 Å². The van der Waals surface area contributed by atoms with Crippen molar-refractivity contribution in [3.63, 3.8) is 0 Å². The Kier molecular flexibility index (Phi) is 14.5. The van der Waals surface area contributed by atoms with Crippen molar-refractivity contribution in [2.45, 2.75) is 51.0 Å². The molecule has 0 radical (unpaired) electrons. The largest absolute Gasteiger partial charge is 0.493 e. The van der Waals surface area contributed by atoms with Gasteiger partial charge in [-0.05, 0) is 85.5 Å². The third-order valence-electron chi connectivity index (χ3n) is 7.97. The number of aryl methyl sites for hydroxylation is 2. The van der Waals surface area contributed by atoms with Gasteiger partial charge in [-0.1, -0.05) is 11.6 Å². The van der Waals surface area contributed by atoms with Gasteiger partial charge in [0.15, 0.2) is 5.82 Å². The van der Waals surface area contributed by atoms with Crippen molar-refractivity contribution in [3.05, 3.63) is 83.2 Å². The first-order chi connectivity index (χ1) is 26.0. The Morgan fingerprint density at radius 3 is 2.27 bits per heavy atom. The highest BCUT2D eigenvalue weighted by Crippen LogP contribution is 2.31. The zero-order valence-electron chi connectivity index (χ0n) is 28.6. The van der Waals surface area contributed by atoms with Gasteiger partial charge in [0, 0.05) is 25.0 Å². The van der Waals surface area contributed by atoms with E-state index in [1.165, 1.54) is 0 Å². The molecule has 0 unspecified atom stereocenters. The van der Waals surface area contributed by atoms with Crippen molar-refractivity contribution in [1.82, 2.24) is 25.2 Å². The van der Waals surface area contributed by atoms with Crippen molar-refractivity contribution in [3.8, 4) is 5.75 Å². The molecule has 5 N–H and O–H groups in total. The molecule has 2 aliphatic rings. The summed E-state index contributed by atoms with van der Waals surface area (Å²) in [5, 5.41) is 24.2. The number of pyridine rings is 1. The van der Waals surface area contributed by atoms with Gasteiger partial charge in [-0.25, -0.2) is 19.4 Å². The molecule has 1 fully saturated rings. The van der Waals surface area contributed by atoms with Gasteiger partial charge in [-0.3, -0.25) is 4.98 Å². The van der Waals surface area contributed by atoms with Crippen LogP contribution in [0.3, 0.4) is 0 Å². The average molecular weight is 802 g/mol. The molecule has 2 amide bonds. The zero-order valence-corrected chi connectivity index (χ0v) is 29.3. The molecule has 14 nitrogen and oxygen atoms in total. The van der Waals surface area contributed by atoms with Crippen LogP contribution >= 0.6 is 11.6 Å². The van der Waals surface area contributed by atoms with Crippen LogP contribution in [0.4, 0.5) is 54.3 Å². The van der Waals surface area contributed by atoms with Gasteiger partial charge in [-0.15, -0.1) is 0 Å². The van der Waals surface area contributed by atoms with E-state index in [0.29, 0.717) is 35.9 Å². The third kappa shape index (κ3) is 13.5. The number of nitrogens with zero attached hydrogens (tertiary/aromatic N) is 4. The number of piperidine rings is 1. The summed E-state index contributed by atoms with van der Waals surface area (Å²) in [7, 11) is 0. The fourth-order valence-electron chi connectivity index (χ4n) is 5.19. The smallest absolute Gasteiger partial charge is 0.490 e. The number of carbonyl (C=O) groups is 3. The molecule has 0 saturated carbocycles. The number of benzene rings is 1. The molecular weight excluding hydrogens is 768 g/mol. The molecule has 3 aromatic heterocycles. The fraction of sp³-hybridized carbons (Fsp3) is 0.353. The van der Waals surface area contributed by atoms with E-state index in [2.05, 4.69) is 43.0 Å². The van der Waals surface area contributed by atoms with Crippen molar-refractivity contribution in [2.75, 3.05) is 30.3 Å². The molecule has 0 atom stereocenters. The second-order valence-corrected chi connectivity index (χ2v) is 12.4. The summed E-state index contributed by atoms with van der Waals surface area (Å²) in [6.45, 7) is 2.52. The molecule has 6 rings (SSSR count). The SMILES string of the molecule is O=C(NCc1ccco1)N1CCC(CCOc2ccc3cc2CCc2cncc(c2)Nc2ncc(Cl)c(n2)N3)CC1.O=C(O)C(F)(F)F.O=C(O)C(F)(F)F. The lowest BCUT2D eigenvalue weighted by Gasteiger charge is -2.32. The number of likely N-dealkylation sites (tertiary alicyclic amines) is 1. The number of aromatic nitrogens is 3. The zero-order chi connectivity index (χ0) is 40.2. The number of alkyl halides is 6. The number of rotatable bonds is 6. The van der Waals surface area contributed by atoms with E-state index in [-0.39, 0.29) is 6.03 Å². The lowest BCUT2D eigenvalue weighted by Crippen LogP contribution is -2.44. The topological polar surface area (TPSA) is 192 Å². The Morgan fingerprint density at radius 2 is 1.64 bits per heavy atom. The number of amides is 2. The van der Waals surface area contributed by atoms with E-state index in [9.17, 15) is 31.1 Å². The Morgan fingerprint density at radius 1 is 0.945 bits per heavy atom. The van der Waals surface area contributed by atoms with E-state index in [1.54, 1.807) is 18.7 Å². The summed E-state index contributed by atoms with van der Waals surface area (Å²) < 4.78 is 75.1.